The first-order chi connectivity index (χ1) is 11.7. The molecule has 6 nitrogen and oxygen atoms in total. The lowest BCUT2D eigenvalue weighted by molar-refractivity contribution is 0.324. The first-order valence-electron chi connectivity index (χ1n) is 7.32. The molecule has 0 saturated heterocycles. The van der Waals surface area contributed by atoms with Gasteiger partial charge in [0.05, 0.1) is 32.4 Å². The van der Waals surface area contributed by atoms with Crippen molar-refractivity contribution in [1.82, 2.24) is 9.97 Å². The van der Waals surface area contributed by atoms with E-state index in [1.165, 1.54) is 21.3 Å². The van der Waals surface area contributed by atoms with E-state index >= 15 is 0 Å². The van der Waals surface area contributed by atoms with Crippen molar-refractivity contribution in [2.75, 3.05) is 21.3 Å². The number of rotatable bonds is 5. The molecule has 0 aliphatic heterocycles. The number of hydrogen-bond donors (Lipinski definition) is 2. The van der Waals surface area contributed by atoms with E-state index in [2.05, 4.69) is 9.97 Å². The normalized spacial score (nSPS) is 11.5. The van der Waals surface area contributed by atoms with Crippen LogP contribution in [0.3, 0.4) is 0 Å². The molecule has 0 radical (unpaired) electrons. The minimum atomic E-state index is 0.0355. The summed E-state index contributed by atoms with van der Waals surface area (Å²) in [6, 6.07) is 11.0. The number of para-hydroxylation sites is 2. The number of imidazole rings is 1. The lowest BCUT2D eigenvalue weighted by Crippen LogP contribution is -1.97. The number of aliphatic hydroxyl groups is 1. The molecule has 0 bridgehead atoms. The van der Waals surface area contributed by atoms with E-state index in [4.69, 9.17) is 14.2 Å². The Morgan fingerprint density at radius 3 is 2.29 bits per heavy atom. The minimum absolute atomic E-state index is 0.0355. The maximum absolute atomic E-state index is 10.5. The smallest absolute Gasteiger partial charge is 0.203 e. The fourth-order valence-corrected chi connectivity index (χ4v) is 2.48. The Bertz CT molecular complexity index is 841. The van der Waals surface area contributed by atoms with Crippen LogP contribution in [-0.2, 0) is 0 Å². The highest BCUT2D eigenvalue weighted by molar-refractivity contribution is 5.81. The van der Waals surface area contributed by atoms with Gasteiger partial charge in [0.15, 0.2) is 11.5 Å². The molecule has 0 saturated carbocycles. The molecular formula is C18H18N2O4. The fraction of sp³-hybridized carbons (Fsp3) is 0.167. The van der Waals surface area contributed by atoms with Gasteiger partial charge in [-0.1, -0.05) is 12.1 Å². The van der Waals surface area contributed by atoms with Gasteiger partial charge in [0.1, 0.15) is 11.6 Å². The lowest BCUT2D eigenvalue weighted by Gasteiger charge is -2.13. The lowest BCUT2D eigenvalue weighted by atomic mass is 10.1. The van der Waals surface area contributed by atoms with Crippen LogP contribution in [0.5, 0.6) is 17.2 Å². The molecule has 1 heterocycles. The molecule has 2 aromatic carbocycles. The van der Waals surface area contributed by atoms with E-state index in [1.54, 1.807) is 18.2 Å². The number of hydrogen-bond acceptors (Lipinski definition) is 5. The van der Waals surface area contributed by atoms with E-state index in [9.17, 15) is 5.11 Å². The standard InChI is InChI=1S/C18H18N2O4/c1-22-15-8-11(9-16(23-2)18(15)24-3)14(21)10-17-19-12-6-4-5-7-13(12)20-17/h4-10,21H,1-3H3,(H,19,20). The maximum Gasteiger partial charge on any atom is 0.203 e. The van der Waals surface area contributed by atoms with Crippen LogP contribution >= 0.6 is 0 Å². The third-order valence-electron chi connectivity index (χ3n) is 3.64. The van der Waals surface area contributed by atoms with Gasteiger partial charge in [-0.05, 0) is 24.3 Å². The highest BCUT2D eigenvalue weighted by atomic mass is 16.5. The number of aromatic amines is 1. The predicted molar refractivity (Wildman–Crippen MR) is 92.7 cm³/mol. The summed E-state index contributed by atoms with van der Waals surface area (Å²) >= 11 is 0. The average Bonchev–Trinajstić information content (AvgIpc) is 3.02. The molecule has 0 spiro atoms. The number of H-pyrrole nitrogens is 1. The second kappa shape index (κ2) is 6.54. The third kappa shape index (κ3) is 2.86. The quantitative estimate of drug-likeness (QED) is 0.700. The predicted octanol–water partition coefficient (Wildman–Crippen LogP) is 3.64. The molecule has 1 aromatic heterocycles. The molecule has 24 heavy (non-hydrogen) atoms. The van der Waals surface area contributed by atoms with E-state index < -0.39 is 0 Å². The maximum atomic E-state index is 10.5. The van der Waals surface area contributed by atoms with Crippen molar-refractivity contribution in [3.05, 3.63) is 47.8 Å². The summed E-state index contributed by atoms with van der Waals surface area (Å²) in [4.78, 5) is 7.56. The monoisotopic (exact) mass is 326 g/mol. The Kier molecular flexibility index (Phi) is 4.29. The van der Waals surface area contributed by atoms with Gasteiger partial charge in [0.2, 0.25) is 5.75 Å². The molecule has 0 unspecified atom stereocenters. The van der Waals surface area contributed by atoms with Crippen LogP contribution in [0.2, 0.25) is 0 Å². The number of nitrogens with one attached hydrogen (secondary N) is 1. The highest BCUT2D eigenvalue weighted by Gasteiger charge is 2.15. The Morgan fingerprint density at radius 2 is 1.71 bits per heavy atom. The zero-order valence-corrected chi connectivity index (χ0v) is 13.7. The molecule has 0 aliphatic carbocycles. The number of aromatic nitrogens is 2. The Labute approximate surface area is 139 Å². The molecule has 0 atom stereocenters. The van der Waals surface area contributed by atoms with Crippen molar-refractivity contribution in [2.45, 2.75) is 0 Å². The first kappa shape index (κ1) is 15.7. The van der Waals surface area contributed by atoms with Crippen molar-refractivity contribution in [2.24, 2.45) is 0 Å². The zero-order valence-electron chi connectivity index (χ0n) is 13.7. The molecule has 0 fully saturated rings. The zero-order chi connectivity index (χ0) is 17.1. The summed E-state index contributed by atoms with van der Waals surface area (Å²) in [6.07, 6.45) is 1.56. The number of methoxy groups -OCH3 is 3. The van der Waals surface area contributed by atoms with Crippen LogP contribution < -0.4 is 14.2 Å². The van der Waals surface area contributed by atoms with Crippen molar-refractivity contribution >= 4 is 22.9 Å². The molecule has 0 amide bonds. The van der Waals surface area contributed by atoms with Crippen LogP contribution in [0.1, 0.15) is 11.4 Å². The van der Waals surface area contributed by atoms with Gasteiger partial charge in [0, 0.05) is 11.6 Å². The summed E-state index contributed by atoms with van der Waals surface area (Å²) in [5.74, 6) is 2.00. The Balaban J connectivity index is 2.03. The molecule has 3 rings (SSSR count). The fourth-order valence-electron chi connectivity index (χ4n) is 2.48. The second-order valence-electron chi connectivity index (χ2n) is 5.08. The van der Waals surface area contributed by atoms with Gasteiger partial charge in [-0.3, -0.25) is 0 Å². The largest absolute Gasteiger partial charge is 0.507 e. The van der Waals surface area contributed by atoms with Gasteiger partial charge in [-0.15, -0.1) is 0 Å². The second-order valence-corrected chi connectivity index (χ2v) is 5.08. The third-order valence-corrected chi connectivity index (χ3v) is 3.64. The van der Waals surface area contributed by atoms with Crippen LogP contribution in [0.4, 0.5) is 0 Å². The minimum Gasteiger partial charge on any atom is -0.507 e. The van der Waals surface area contributed by atoms with Gasteiger partial charge in [-0.2, -0.15) is 0 Å². The number of fused-ring (bicyclic) bond motifs is 1. The SMILES string of the molecule is COc1cc(C(O)=Cc2nc3ccccc3[nH]2)cc(OC)c1OC. The Morgan fingerprint density at radius 1 is 1.04 bits per heavy atom. The van der Waals surface area contributed by atoms with Gasteiger partial charge in [0.25, 0.3) is 0 Å². The topological polar surface area (TPSA) is 76.6 Å². The van der Waals surface area contributed by atoms with Gasteiger partial charge >= 0.3 is 0 Å². The Hall–Kier alpha value is -3.15. The van der Waals surface area contributed by atoms with Crippen LogP contribution in [0.25, 0.3) is 22.9 Å². The number of nitrogens with zero attached hydrogens (tertiary/aromatic N) is 1. The molecule has 124 valence electrons. The first-order valence-corrected chi connectivity index (χ1v) is 7.32. The molecule has 6 heteroatoms. The van der Waals surface area contributed by atoms with E-state index in [1.807, 2.05) is 24.3 Å². The number of aliphatic hydroxyl groups excluding tert-OH is 1. The molecule has 3 aromatic rings. The summed E-state index contributed by atoms with van der Waals surface area (Å²) in [6.45, 7) is 0. The van der Waals surface area contributed by atoms with Crippen molar-refractivity contribution < 1.29 is 19.3 Å². The van der Waals surface area contributed by atoms with Crippen molar-refractivity contribution in [1.29, 1.82) is 0 Å². The van der Waals surface area contributed by atoms with Crippen molar-refractivity contribution in [3.8, 4) is 17.2 Å². The van der Waals surface area contributed by atoms with E-state index in [-0.39, 0.29) is 5.76 Å². The van der Waals surface area contributed by atoms with Gasteiger partial charge in [-0.25, -0.2) is 4.98 Å². The van der Waals surface area contributed by atoms with Gasteiger partial charge < -0.3 is 24.3 Å². The number of benzene rings is 2. The van der Waals surface area contributed by atoms with E-state index in [0.717, 1.165) is 11.0 Å². The highest BCUT2D eigenvalue weighted by Crippen LogP contribution is 2.39. The summed E-state index contributed by atoms with van der Waals surface area (Å²) in [5, 5.41) is 10.5. The molecule has 0 aliphatic rings. The van der Waals surface area contributed by atoms with Crippen LogP contribution in [-0.4, -0.2) is 36.4 Å². The average molecular weight is 326 g/mol. The summed E-state index contributed by atoms with van der Waals surface area (Å²) < 4.78 is 15.9. The number of ether oxygens (including phenoxy) is 3. The van der Waals surface area contributed by atoms with Crippen molar-refractivity contribution in [3.63, 3.8) is 0 Å². The van der Waals surface area contributed by atoms with Crippen LogP contribution in [0, 0.1) is 0 Å². The van der Waals surface area contributed by atoms with E-state index in [0.29, 0.717) is 28.6 Å². The molecule has 2 N–H and O–H groups in total. The summed E-state index contributed by atoms with van der Waals surface area (Å²) in [7, 11) is 4.59. The molecular weight excluding hydrogens is 308 g/mol. The van der Waals surface area contributed by atoms with Crippen LogP contribution in [0.15, 0.2) is 36.4 Å². The summed E-state index contributed by atoms with van der Waals surface area (Å²) in [5.41, 5.74) is 2.27.